The number of Topliss-reactive ketones (excluding diaryl/α,β-unsaturated/α-hetero) is 1. The molecule has 3 heteroatoms. The molecule has 32 heavy (non-hydrogen) atoms. The van der Waals surface area contributed by atoms with E-state index in [1.807, 2.05) is 45.0 Å². The quantitative estimate of drug-likeness (QED) is 0.363. The van der Waals surface area contributed by atoms with Gasteiger partial charge in [0.25, 0.3) is 0 Å². The summed E-state index contributed by atoms with van der Waals surface area (Å²) in [6.45, 7) is 9.70. The van der Waals surface area contributed by atoms with Gasteiger partial charge in [-0.05, 0) is 104 Å². The van der Waals surface area contributed by atoms with Crippen LogP contribution in [0.25, 0.3) is 21.9 Å². The first-order valence-corrected chi connectivity index (χ1v) is 12.0. The van der Waals surface area contributed by atoms with Crippen LogP contribution in [0.5, 0.6) is 0 Å². The van der Waals surface area contributed by atoms with Gasteiger partial charge in [0.15, 0.2) is 5.78 Å². The number of hydrogen-bond acceptors (Lipinski definition) is 2. The van der Waals surface area contributed by atoms with E-state index in [-0.39, 0.29) is 5.78 Å². The summed E-state index contributed by atoms with van der Waals surface area (Å²) in [6.07, 6.45) is 4.47. The van der Waals surface area contributed by atoms with Crippen molar-refractivity contribution in [2.75, 3.05) is 0 Å². The molecule has 3 aromatic carbocycles. The van der Waals surface area contributed by atoms with Gasteiger partial charge < -0.3 is 4.74 Å². The Bertz CT molecular complexity index is 1130. The molecule has 1 fully saturated rings. The summed E-state index contributed by atoms with van der Waals surface area (Å²) in [5.74, 6) is 0.916. The van der Waals surface area contributed by atoms with Crippen molar-refractivity contribution in [2.45, 2.75) is 72.0 Å². The van der Waals surface area contributed by atoms with Crippen LogP contribution in [-0.2, 0) is 16.0 Å². The molecule has 0 N–H and O–H groups in total. The summed E-state index contributed by atoms with van der Waals surface area (Å²) in [7, 11) is 0. The van der Waals surface area contributed by atoms with Crippen LogP contribution >= 0.6 is 11.6 Å². The maximum Gasteiger partial charge on any atom is 0.163 e. The van der Waals surface area contributed by atoms with Crippen LogP contribution < -0.4 is 0 Å². The van der Waals surface area contributed by atoms with Crippen LogP contribution in [0.1, 0.15) is 69.8 Å². The molecule has 0 heterocycles. The van der Waals surface area contributed by atoms with Gasteiger partial charge in [-0.3, -0.25) is 4.79 Å². The molecule has 1 atom stereocenters. The Morgan fingerprint density at radius 1 is 1.09 bits per heavy atom. The molecule has 168 valence electrons. The molecule has 3 aromatic rings. The van der Waals surface area contributed by atoms with Gasteiger partial charge in [-0.25, -0.2) is 0 Å². The lowest BCUT2D eigenvalue weighted by molar-refractivity contribution is -0.138. The van der Waals surface area contributed by atoms with Crippen LogP contribution in [0, 0.1) is 12.8 Å². The van der Waals surface area contributed by atoms with Gasteiger partial charge in [0.1, 0.15) is 6.10 Å². The normalized spacial score (nSPS) is 15.2. The Labute approximate surface area is 196 Å². The summed E-state index contributed by atoms with van der Waals surface area (Å²) in [4.78, 5) is 12.9. The maximum absolute atomic E-state index is 12.9. The zero-order chi connectivity index (χ0) is 23.0. The third-order valence-electron chi connectivity index (χ3n) is 6.23. The molecule has 1 saturated carbocycles. The summed E-state index contributed by atoms with van der Waals surface area (Å²) in [5.41, 5.74) is 5.07. The Morgan fingerprint density at radius 2 is 1.78 bits per heavy atom. The molecule has 0 bridgehead atoms. The molecule has 0 aromatic heterocycles. The van der Waals surface area contributed by atoms with Crippen LogP contribution in [0.4, 0.5) is 0 Å². The Kier molecular flexibility index (Phi) is 6.47. The predicted octanol–water partition coefficient (Wildman–Crippen LogP) is 8.26. The molecule has 4 rings (SSSR count). The van der Waals surface area contributed by atoms with E-state index in [4.69, 9.17) is 16.3 Å². The first-order chi connectivity index (χ1) is 15.1. The number of fused-ring (bicyclic) bond motifs is 1. The van der Waals surface area contributed by atoms with E-state index in [1.54, 1.807) is 6.92 Å². The lowest BCUT2D eigenvalue weighted by atomic mass is 9.85. The van der Waals surface area contributed by atoms with Crippen molar-refractivity contribution in [2.24, 2.45) is 5.92 Å². The summed E-state index contributed by atoms with van der Waals surface area (Å²) in [6, 6.07) is 16.9. The molecule has 0 spiro atoms. The molecule has 1 unspecified atom stereocenters. The Hall–Kier alpha value is -2.16. The number of ketones is 1. The minimum atomic E-state index is -0.625. The molecule has 1 aliphatic rings. The van der Waals surface area contributed by atoms with E-state index in [9.17, 15) is 4.79 Å². The van der Waals surface area contributed by atoms with Gasteiger partial charge in [0.2, 0.25) is 0 Å². The van der Waals surface area contributed by atoms with Crippen LogP contribution in [0.2, 0.25) is 5.02 Å². The average Bonchev–Trinajstić information content (AvgIpc) is 3.54. The molecule has 0 radical (unpaired) electrons. The number of carbonyl (C=O) groups excluding carboxylic acids is 1. The van der Waals surface area contributed by atoms with Crippen molar-refractivity contribution in [1.29, 1.82) is 0 Å². The fourth-order valence-electron chi connectivity index (χ4n) is 4.50. The van der Waals surface area contributed by atoms with Crippen LogP contribution in [0.3, 0.4) is 0 Å². The standard InChI is InChI=1S/C29H33ClO2/c1-18-16-23-11-10-21(9-8-20-6-7-20)17-25(23)27(22-12-14-24(30)15-13-22)26(18)28(19(2)31)32-29(3,4)5/h10-17,20,28H,6-9H2,1-5H3. The second kappa shape index (κ2) is 9.00. The SMILES string of the molecule is CC(=O)C(OC(C)(C)C)c1c(C)cc2ccc(CCC3CC3)cc2c1-c1ccc(Cl)cc1. The highest BCUT2D eigenvalue weighted by atomic mass is 35.5. The van der Waals surface area contributed by atoms with Crippen molar-refractivity contribution in [3.63, 3.8) is 0 Å². The van der Waals surface area contributed by atoms with Gasteiger partial charge in [-0.1, -0.05) is 60.8 Å². The number of aryl methyl sites for hydroxylation is 2. The van der Waals surface area contributed by atoms with Crippen molar-refractivity contribution < 1.29 is 9.53 Å². The smallest absolute Gasteiger partial charge is 0.163 e. The maximum atomic E-state index is 12.9. The zero-order valence-electron chi connectivity index (χ0n) is 19.8. The fraction of sp³-hybridized carbons (Fsp3) is 0.414. The lowest BCUT2D eigenvalue weighted by Crippen LogP contribution is -2.27. The minimum absolute atomic E-state index is 0.0162. The van der Waals surface area contributed by atoms with Crippen molar-refractivity contribution in [3.8, 4) is 11.1 Å². The van der Waals surface area contributed by atoms with E-state index < -0.39 is 11.7 Å². The van der Waals surface area contributed by atoms with E-state index in [1.165, 1.54) is 35.6 Å². The first-order valence-electron chi connectivity index (χ1n) is 11.6. The van der Waals surface area contributed by atoms with E-state index in [0.717, 1.165) is 34.6 Å². The molecular weight excluding hydrogens is 416 g/mol. The van der Waals surface area contributed by atoms with Gasteiger partial charge >= 0.3 is 0 Å². The number of rotatable bonds is 7. The number of benzene rings is 3. The fourth-order valence-corrected chi connectivity index (χ4v) is 4.62. The largest absolute Gasteiger partial charge is 0.360 e. The van der Waals surface area contributed by atoms with Gasteiger partial charge in [0.05, 0.1) is 5.60 Å². The number of halogens is 1. The van der Waals surface area contributed by atoms with E-state index in [2.05, 4.69) is 31.2 Å². The zero-order valence-corrected chi connectivity index (χ0v) is 20.6. The van der Waals surface area contributed by atoms with Crippen molar-refractivity contribution >= 4 is 28.2 Å². The number of ether oxygens (including phenoxy) is 1. The van der Waals surface area contributed by atoms with Crippen LogP contribution in [-0.4, -0.2) is 11.4 Å². The summed E-state index contributed by atoms with van der Waals surface area (Å²) in [5, 5.41) is 3.06. The van der Waals surface area contributed by atoms with Gasteiger partial charge in [0, 0.05) is 5.02 Å². The Balaban J connectivity index is 1.95. The third kappa shape index (κ3) is 5.24. The first kappa shape index (κ1) is 23.0. The number of carbonyl (C=O) groups is 1. The number of hydrogen-bond donors (Lipinski definition) is 0. The predicted molar refractivity (Wildman–Crippen MR) is 134 cm³/mol. The molecule has 2 nitrogen and oxygen atoms in total. The van der Waals surface area contributed by atoms with Crippen molar-refractivity contribution in [3.05, 3.63) is 70.2 Å². The molecule has 1 aliphatic carbocycles. The summed E-state index contributed by atoms with van der Waals surface area (Å²) < 4.78 is 6.34. The van der Waals surface area contributed by atoms with Gasteiger partial charge in [-0.15, -0.1) is 0 Å². The van der Waals surface area contributed by atoms with E-state index in [0.29, 0.717) is 5.02 Å². The highest BCUT2D eigenvalue weighted by molar-refractivity contribution is 6.30. The highest BCUT2D eigenvalue weighted by Crippen LogP contribution is 2.41. The topological polar surface area (TPSA) is 26.3 Å². The molecule has 0 saturated heterocycles. The molecule has 0 amide bonds. The second-order valence-electron chi connectivity index (χ2n) is 10.2. The second-order valence-corrected chi connectivity index (χ2v) is 10.7. The minimum Gasteiger partial charge on any atom is -0.360 e. The van der Waals surface area contributed by atoms with Crippen molar-refractivity contribution in [1.82, 2.24) is 0 Å². The Morgan fingerprint density at radius 3 is 2.38 bits per heavy atom. The van der Waals surface area contributed by atoms with Crippen LogP contribution in [0.15, 0.2) is 48.5 Å². The van der Waals surface area contributed by atoms with E-state index >= 15 is 0 Å². The lowest BCUT2D eigenvalue weighted by Gasteiger charge is -2.29. The van der Waals surface area contributed by atoms with Gasteiger partial charge in [-0.2, -0.15) is 0 Å². The highest BCUT2D eigenvalue weighted by Gasteiger charge is 2.29. The molecule has 0 aliphatic heterocycles. The third-order valence-corrected chi connectivity index (χ3v) is 6.48. The average molecular weight is 449 g/mol. The monoisotopic (exact) mass is 448 g/mol. The summed E-state index contributed by atoms with van der Waals surface area (Å²) >= 11 is 6.21. The molecular formula is C29H33ClO2.